The molecule has 2 heterocycles. The summed E-state index contributed by atoms with van der Waals surface area (Å²) in [6, 6.07) is 6.87. The molecule has 11 heteroatoms. The number of hydrogen-bond acceptors (Lipinski definition) is 7. The predicted molar refractivity (Wildman–Crippen MR) is 107 cm³/mol. The van der Waals surface area contributed by atoms with Crippen LogP contribution in [-0.2, 0) is 0 Å². The second-order valence-electron chi connectivity index (χ2n) is 7.32. The smallest absolute Gasteiger partial charge is 0.285 e. The number of carbonyl (C=O) groups excluding carboxylic acids is 1. The zero-order valence-corrected chi connectivity index (χ0v) is 16.2. The summed E-state index contributed by atoms with van der Waals surface area (Å²) in [5.74, 6) is -0.733. The molecule has 1 aliphatic rings. The Morgan fingerprint density at radius 3 is 2.65 bits per heavy atom. The number of rotatable bonds is 5. The van der Waals surface area contributed by atoms with Crippen molar-refractivity contribution in [3.63, 3.8) is 0 Å². The minimum absolute atomic E-state index is 0.0507. The lowest BCUT2D eigenvalue weighted by Gasteiger charge is -2.25. The zero-order valence-electron chi connectivity index (χ0n) is 16.2. The lowest BCUT2D eigenvalue weighted by atomic mass is 10.0. The van der Waals surface area contributed by atoms with E-state index in [1.54, 1.807) is 6.92 Å². The molecule has 0 spiro atoms. The Hall–Kier alpha value is -4.15. The fourth-order valence-electron chi connectivity index (χ4n) is 3.66. The Bertz CT molecular complexity index is 1340. The van der Waals surface area contributed by atoms with Crippen LogP contribution in [0.15, 0.2) is 41.2 Å². The number of nitrogens with zero attached hydrogens (tertiary/aromatic N) is 5. The number of H-pyrrole nitrogens is 1. The van der Waals surface area contributed by atoms with Gasteiger partial charge in [-0.15, -0.1) is 0 Å². The van der Waals surface area contributed by atoms with Gasteiger partial charge in [-0.05, 0) is 65.8 Å². The van der Waals surface area contributed by atoms with E-state index in [0.29, 0.717) is 22.5 Å². The molecule has 156 valence electrons. The summed E-state index contributed by atoms with van der Waals surface area (Å²) in [5.41, 5.74) is 1.82. The number of nitro groups is 1. The Morgan fingerprint density at radius 2 is 1.97 bits per heavy atom. The number of aromatic nitrogens is 4. The monoisotopic (exact) mass is 422 g/mol. The quantitative estimate of drug-likeness (QED) is 0.377. The van der Waals surface area contributed by atoms with Crippen molar-refractivity contribution in [2.24, 2.45) is 0 Å². The summed E-state index contributed by atoms with van der Waals surface area (Å²) in [6.45, 7) is 1.68. The van der Waals surface area contributed by atoms with E-state index in [1.165, 1.54) is 41.4 Å². The minimum atomic E-state index is -0.601. The van der Waals surface area contributed by atoms with E-state index in [1.807, 2.05) is 0 Å². The normalized spacial score (nSPS) is 13.5. The Morgan fingerprint density at radius 1 is 1.23 bits per heavy atom. The number of nitro benzene ring substituents is 1. The van der Waals surface area contributed by atoms with Crippen LogP contribution in [0.5, 0.6) is 0 Å². The summed E-state index contributed by atoms with van der Waals surface area (Å²) in [7, 11) is 0. The third kappa shape index (κ3) is 3.10. The van der Waals surface area contributed by atoms with Gasteiger partial charge < -0.3 is 0 Å². The molecule has 31 heavy (non-hydrogen) atoms. The SMILES string of the molecule is Cc1n[nH]cc1C(=O)N(c1ccc(F)cc1C1CC1)c1ccc([N+](=O)[O-])c2nonc12. The fraction of sp³-hybridized carbons (Fsp3) is 0.200. The first-order chi connectivity index (χ1) is 15.0. The highest BCUT2D eigenvalue weighted by molar-refractivity contribution is 6.15. The molecular weight excluding hydrogens is 407 g/mol. The zero-order chi connectivity index (χ0) is 21.7. The Kier molecular flexibility index (Phi) is 4.24. The molecule has 10 nitrogen and oxygen atoms in total. The van der Waals surface area contributed by atoms with Crippen LogP contribution in [0.3, 0.4) is 0 Å². The van der Waals surface area contributed by atoms with Gasteiger partial charge in [-0.2, -0.15) is 5.10 Å². The summed E-state index contributed by atoms with van der Waals surface area (Å²) in [6.07, 6.45) is 3.23. The van der Waals surface area contributed by atoms with Gasteiger partial charge in [-0.1, -0.05) is 0 Å². The van der Waals surface area contributed by atoms with Crippen molar-refractivity contribution in [1.82, 2.24) is 20.5 Å². The molecule has 1 amide bonds. The number of anilines is 2. The first-order valence-corrected chi connectivity index (χ1v) is 9.49. The van der Waals surface area contributed by atoms with Crippen LogP contribution < -0.4 is 4.90 Å². The highest BCUT2D eigenvalue weighted by Crippen LogP contribution is 2.47. The molecule has 4 aromatic rings. The van der Waals surface area contributed by atoms with Gasteiger partial charge in [-0.25, -0.2) is 9.02 Å². The molecule has 0 saturated heterocycles. The fourth-order valence-corrected chi connectivity index (χ4v) is 3.66. The van der Waals surface area contributed by atoms with Gasteiger partial charge in [0.1, 0.15) is 5.82 Å². The van der Waals surface area contributed by atoms with E-state index in [2.05, 4.69) is 20.5 Å². The van der Waals surface area contributed by atoms with Crippen LogP contribution in [-0.4, -0.2) is 31.3 Å². The van der Waals surface area contributed by atoms with Crippen molar-refractivity contribution < 1.29 is 18.7 Å². The topological polar surface area (TPSA) is 131 Å². The van der Waals surface area contributed by atoms with E-state index in [0.717, 1.165) is 12.8 Å². The van der Waals surface area contributed by atoms with Crippen molar-refractivity contribution in [3.05, 3.63) is 69.3 Å². The molecule has 1 N–H and O–H groups in total. The van der Waals surface area contributed by atoms with Crippen LogP contribution in [0.2, 0.25) is 0 Å². The second kappa shape index (κ2) is 6.97. The van der Waals surface area contributed by atoms with Crippen molar-refractivity contribution in [2.75, 3.05) is 4.90 Å². The van der Waals surface area contributed by atoms with Crippen LogP contribution >= 0.6 is 0 Å². The molecule has 1 aliphatic carbocycles. The highest BCUT2D eigenvalue weighted by atomic mass is 19.1. The van der Waals surface area contributed by atoms with Crippen molar-refractivity contribution in [1.29, 1.82) is 0 Å². The van der Waals surface area contributed by atoms with E-state index in [-0.39, 0.29) is 28.3 Å². The number of hydrogen-bond donors (Lipinski definition) is 1. The first-order valence-electron chi connectivity index (χ1n) is 9.49. The number of fused-ring (bicyclic) bond motifs is 1. The van der Waals surface area contributed by atoms with Gasteiger partial charge >= 0.3 is 5.69 Å². The second-order valence-corrected chi connectivity index (χ2v) is 7.32. The van der Waals surface area contributed by atoms with Crippen LogP contribution in [0, 0.1) is 22.9 Å². The molecule has 0 atom stereocenters. The molecule has 2 aromatic heterocycles. The first kappa shape index (κ1) is 18.9. The van der Waals surface area contributed by atoms with E-state index >= 15 is 0 Å². The molecule has 0 bridgehead atoms. The number of halogens is 1. The summed E-state index contributed by atoms with van der Waals surface area (Å²) >= 11 is 0. The van der Waals surface area contributed by atoms with Crippen molar-refractivity contribution >= 4 is 34.0 Å². The highest BCUT2D eigenvalue weighted by Gasteiger charge is 2.34. The van der Waals surface area contributed by atoms with Gasteiger partial charge in [0.2, 0.25) is 5.52 Å². The standard InChI is InChI=1S/C20H15FN6O4/c1-10-14(9-22-23-10)20(28)26(15-5-4-12(21)8-13(15)11-2-3-11)16-6-7-17(27(29)30)19-18(16)24-31-25-19/h4-9,11H,2-3H2,1H3,(H,22,23). The number of aromatic amines is 1. The summed E-state index contributed by atoms with van der Waals surface area (Å²) in [5, 5.41) is 25.5. The van der Waals surface area contributed by atoms with Crippen molar-refractivity contribution in [3.8, 4) is 0 Å². The number of nitrogens with one attached hydrogen (secondary N) is 1. The van der Waals surface area contributed by atoms with E-state index < -0.39 is 16.6 Å². The summed E-state index contributed by atoms with van der Waals surface area (Å²) in [4.78, 5) is 25.8. The van der Waals surface area contributed by atoms with E-state index in [4.69, 9.17) is 4.63 Å². The third-order valence-electron chi connectivity index (χ3n) is 5.32. The number of amides is 1. The van der Waals surface area contributed by atoms with Crippen LogP contribution in [0.25, 0.3) is 11.0 Å². The molecule has 5 rings (SSSR count). The Balaban J connectivity index is 1.77. The molecule has 2 aromatic carbocycles. The van der Waals surface area contributed by atoms with Crippen LogP contribution in [0.1, 0.15) is 40.4 Å². The average Bonchev–Trinajstić information content (AvgIpc) is 3.31. The molecule has 0 aliphatic heterocycles. The molecule has 1 saturated carbocycles. The lowest BCUT2D eigenvalue weighted by Crippen LogP contribution is -2.27. The molecule has 1 fully saturated rings. The predicted octanol–water partition coefficient (Wildman–Crippen LogP) is 4.16. The third-order valence-corrected chi connectivity index (χ3v) is 5.32. The minimum Gasteiger partial charge on any atom is -0.285 e. The number of carbonyl (C=O) groups is 1. The van der Waals surface area contributed by atoms with Gasteiger partial charge in [0, 0.05) is 12.3 Å². The number of benzene rings is 2. The maximum absolute atomic E-state index is 14.1. The van der Waals surface area contributed by atoms with Crippen molar-refractivity contribution in [2.45, 2.75) is 25.7 Å². The molecular formula is C20H15FN6O4. The molecule has 0 unspecified atom stereocenters. The Labute approximate surface area is 173 Å². The van der Waals surface area contributed by atoms with Crippen LogP contribution in [0.4, 0.5) is 21.5 Å². The largest absolute Gasteiger partial charge is 0.300 e. The number of non-ortho nitro benzene ring substituents is 1. The molecule has 0 radical (unpaired) electrons. The maximum Gasteiger partial charge on any atom is 0.300 e. The van der Waals surface area contributed by atoms with Gasteiger partial charge in [-0.3, -0.25) is 24.9 Å². The lowest BCUT2D eigenvalue weighted by molar-refractivity contribution is -0.383. The summed E-state index contributed by atoms with van der Waals surface area (Å²) < 4.78 is 18.8. The average molecular weight is 422 g/mol. The van der Waals surface area contributed by atoms with E-state index in [9.17, 15) is 19.3 Å². The maximum atomic E-state index is 14.1. The van der Waals surface area contributed by atoms with Gasteiger partial charge in [0.15, 0.2) is 5.52 Å². The number of aryl methyl sites for hydroxylation is 1. The van der Waals surface area contributed by atoms with Gasteiger partial charge in [0.05, 0.1) is 27.6 Å². The van der Waals surface area contributed by atoms with Gasteiger partial charge in [0.25, 0.3) is 5.91 Å².